The van der Waals surface area contributed by atoms with Crippen molar-refractivity contribution >= 4 is 17.3 Å². The average molecular weight is 284 g/mol. The van der Waals surface area contributed by atoms with Crippen molar-refractivity contribution in [3.8, 4) is 0 Å². The molecule has 0 atom stereocenters. The van der Waals surface area contributed by atoms with Crippen LogP contribution in [0, 0.1) is 11.3 Å². The van der Waals surface area contributed by atoms with Crippen LogP contribution in [-0.2, 0) is 4.79 Å². The Labute approximate surface area is 124 Å². The van der Waals surface area contributed by atoms with Crippen molar-refractivity contribution in [1.82, 2.24) is 0 Å². The van der Waals surface area contributed by atoms with E-state index in [1.54, 1.807) is 24.3 Å². The summed E-state index contributed by atoms with van der Waals surface area (Å²) in [5.74, 6) is -0.365. The Hall–Kier alpha value is -1.90. The molecule has 3 rings (SSSR count). The molecule has 1 N–H and O–H groups in total. The van der Waals surface area contributed by atoms with Crippen molar-refractivity contribution in [3.63, 3.8) is 0 Å². The molecule has 1 aromatic rings. The monoisotopic (exact) mass is 284 g/mol. The molecule has 0 saturated heterocycles. The maximum atomic E-state index is 12.5. The van der Waals surface area contributed by atoms with Crippen molar-refractivity contribution in [2.45, 2.75) is 39.5 Å². The van der Waals surface area contributed by atoms with Crippen LogP contribution in [0.3, 0.4) is 0 Å². The van der Waals surface area contributed by atoms with E-state index in [1.807, 2.05) is 6.92 Å². The van der Waals surface area contributed by atoms with Gasteiger partial charge < -0.3 is 5.11 Å². The molecule has 0 unspecified atom stereocenters. The Morgan fingerprint density at radius 1 is 1.05 bits per heavy atom. The molecule has 0 amide bonds. The number of Topliss-reactive ketones (excluding diaryl/α,β-unsaturated/α-hetero) is 2. The smallest absolute Gasteiger partial charge is 0.234 e. The minimum absolute atomic E-state index is 0.00672. The van der Waals surface area contributed by atoms with E-state index in [0.717, 1.165) is 25.7 Å². The zero-order valence-electron chi connectivity index (χ0n) is 12.5. The predicted octanol–water partition coefficient (Wildman–Crippen LogP) is 3.94. The summed E-state index contributed by atoms with van der Waals surface area (Å²) in [5.41, 5.74) is 0.753. The van der Waals surface area contributed by atoms with Gasteiger partial charge >= 0.3 is 0 Å². The molecule has 2 aliphatic carbocycles. The highest BCUT2D eigenvalue weighted by Gasteiger charge is 2.44. The number of fused-ring (bicyclic) bond motifs is 1. The van der Waals surface area contributed by atoms with Crippen LogP contribution in [0.1, 0.15) is 55.5 Å². The normalized spacial score (nSPS) is 29.5. The standard InChI is InChI=1S/C18H20O3/c1-11-7-9-18(2,10-8-11)14-15(19)12-5-3-4-6-13(12)16(20)17(14)21/h3-6,11,19H,7-10H2,1-2H3. The Bertz CT molecular complexity index is 646. The van der Waals surface area contributed by atoms with Crippen LogP contribution in [0.15, 0.2) is 29.8 Å². The highest BCUT2D eigenvalue weighted by atomic mass is 16.3. The number of aliphatic hydroxyl groups excluding tert-OH is 1. The number of benzene rings is 1. The highest BCUT2D eigenvalue weighted by Crippen LogP contribution is 2.48. The summed E-state index contributed by atoms with van der Waals surface area (Å²) < 4.78 is 0. The number of carbonyl (C=O) groups is 2. The van der Waals surface area contributed by atoms with E-state index >= 15 is 0 Å². The van der Waals surface area contributed by atoms with Gasteiger partial charge in [-0.15, -0.1) is 0 Å². The van der Waals surface area contributed by atoms with Crippen molar-refractivity contribution in [3.05, 3.63) is 41.0 Å². The second-order valence-electron chi connectivity index (χ2n) is 6.67. The fraction of sp³-hybridized carbons (Fsp3) is 0.444. The van der Waals surface area contributed by atoms with Crippen LogP contribution >= 0.6 is 0 Å². The van der Waals surface area contributed by atoms with Crippen LogP contribution in [0.25, 0.3) is 5.76 Å². The van der Waals surface area contributed by atoms with Crippen LogP contribution in [0.2, 0.25) is 0 Å². The first-order chi connectivity index (χ1) is 9.94. The summed E-state index contributed by atoms with van der Waals surface area (Å²) in [6.07, 6.45) is 3.73. The molecular weight excluding hydrogens is 264 g/mol. The molecule has 0 spiro atoms. The molecule has 0 bridgehead atoms. The van der Waals surface area contributed by atoms with E-state index < -0.39 is 17.0 Å². The molecule has 3 nitrogen and oxygen atoms in total. The SMILES string of the molecule is CC1CCC(C)(C2=C(O)c3ccccc3C(=O)C2=O)CC1. The number of allylic oxidation sites excluding steroid dienone is 1. The summed E-state index contributed by atoms with van der Waals surface area (Å²) in [5, 5.41) is 10.6. The lowest BCUT2D eigenvalue weighted by Gasteiger charge is -2.39. The maximum absolute atomic E-state index is 12.5. The Balaban J connectivity index is 2.13. The first kappa shape index (κ1) is 14.1. The van der Waals surface area contributed by atoms with Crippen LogP contribution in [0.4, 0.5) is 0 Å². The first-order valence-corrected chi connectivity index (χ1v) is 7.56. The average Bonchev–Trinajstić information content (AvgIpc) is 2.48. The lowest BCUT2D eigenvalue weighted by atomic mass is 9.64. The molecule has 1 fully saturated rings. The molecular formula is C18H20O3. The highest BCUT2D eigenvalue weighted by molar-refractivity contribution is 6.52. The minimum atomic E-state index is -0.525. The third kappa shape index (κ3) is 2.11. The molecule has 0 heterocycles. The Morgan fingerprint density at radius 2 is 1.62 bits per heavy atom. The van der Waals surface area contributed by atoms with E-state index in [2.05, 4.69) is 6.92 Å². The second-order valence-corrected chi connectivity index (χ2v) is 6.67. The molecule has 3 heteroatoms. The topological polar surface area (TPSA) is 54.4 Å². The zero-order valence-corrected chi connectivity index (χ0v) is 12.5. The Morgan fingerprint density at radius 3 is 2.24 bits per heavy atom. The number of aliphatic hydroxyl groups is 1. The number of hydrogen-bond donors (Lipinski definition) is 1. The molecule has 0 radical (unpaired) electrons. The summed E-state index contributed by atoms with van der Waals surface area (Å²) in [6.45, 7) is 4.21. The summed E-state index contributed by atoms with van der Waals surface area (Å²) in [6, 6.07) is 6.81. The largest absolute Gasteiger partial charge is 0.507 e. The molecule has 0 aromatic heterocycles. The van der Waals surface area contributed by atoms with E-state index in [1.165, 1.54) is 0 Å². The fourth-order valence-corrected chi connectivity index (χ4v) is 3.57. The Kier molecular flexibility index (Phi) is 3.23. The lowest BCUT2D eigenvalue weighted by molar-refractivity contribution is -0.113. The second kappa shape index (κ2) is 4.83. The quantitative estimate of drug-likeness (QED) is 0.795. The van der Waals surface area contributed by atoms with Gasteiger partial charge in [-0.25, -0.2) is 0 Å². The minimum Gasteiger partial charge on any atom is -0.507 e. The van der Waals surface area contributed by atoms with E-state index in [0.29, 0.717) is 22.6 Å². The van der Waals surface area contributed by atoms with Gasteiger partial charge in [-0.2, -0.15) is 0 Å². The predicted molar refractivity (Wildman–Crippen MR) is 81.1 cm³/mol. The molecule has 21 heavy (non-hydrogen) atoms. The van der Waals surface area contributed by atoms with Crippen LogP contribution < -0.4 is 0 Å². The van der Waals surface area contributed by atoms with E-state index in [9.17, 15) is 14.7 Å². The number of hydrogen-bond acceptors (Lipinski definition) is 3. The van der Waals surface area contributed by atoms with Gasteiger partial charge in [0.05, 0.1) is 5.57 Å². The van der Waals surface area contributed by atoms with Gasteiger partial charge in [0.15, 0.2) is 0 Å². The third-order valence-corrected chi connectivity index (χ3v) is 5.08. The summed E-state index contributed by atoms with van der Waals surface area (Å²) in [7, 11) is 0. The van der Waals surface area contributed by atoms with Gasteiger partial charge in [0.2, 0.25) is 11.6 Å². The molecule has 0 aliphatic heterocycles. The number of carbonyl (C=O) groups excluding carboxylic acids is 2. The molecule has 2 aliphatic rings. The van der Waals surface area contributed by atoms with Crippen molar-refractivity contribution < 1.29 is 14.7 Å². The lowest BCUT2D eigenvalue weighted by Crippen LogP contribution is -2.36. The summed E-state index contributed by atoms with van der Waals surface area (Å²) in [4.78, 5) is 24.8. The van der Waals surface area contributed by atoms with Crippen molar-refractivity contribution in [2.75, 3.05) is 0 Å². The summed E-state index contributed by atoms with van der Waals surface area (Å²) >= 11 is 0. The molecule has 1 aromatic carbocycles. The number of ketones is 2. The van der Waals surface area contributed by atoms with Crippen molar-refractivity contribution in [2.24, 2.45) is 11.3 Å². The van der Waals surface area contributed by atoms with Crippen molar-refractivity contribution in [1.29, 1.82) is 0 Å². The fourth-order valence-electron chi connectivity index (χ4n) is 3.57. The van der Waals surface area contributed by atoms with Gasteiger partial charge in [-0.1, -0.05) is 38.1 Å². The first-order valence-electron chi connectivity index (χ1n) is 7.56. The van der Waals surface area contributed by atoms with Gasteiger partial charge in [0.1, 0.15) is 5.76 Å². The maximum Gasteiger partial charge on any atom is 0.234 e. The van der Waals surface area contributed by atoms with Crippen LogP contribution in [0.5, 0.6) is 0 Å². The van der Waals surface area contributed by atoms with E-state index in [4.69, 9.17) is 0 Å². The number of rotatable bonds is 1. The van der Waals surface area contributed by atoms with Gasteiger partial charge in [-0.3, -0.25) is 9.59 Å². The molecule has 110 valence electrons. The zero-order chi connectivity index (χ0) is 15.2. The molecule has 1 saturated carbocycles. The van der Waals surface area contributed by atoms with Gasteiger partial charge in [0, 0.05) is 16.5 Å². The van der Waals surface area contributed by atoms with E-state index in [-0.39, 0.29) is 5.76 Å². The van der Waals surface area contributed by atoms with Gasteiger partial charge in [0.25, 0.3) is 0 Å². The third-order valence-electron chi connectivity index (χ3n) is 5.08. The van der Waals surface area contributed by atoms with Crippen LogP contribution in [-0.4, -0.2) is 16.7 Å². The van der Waals surface area contributed by atoms with Gasteiger partial charge in [-0.05, 0) is 31.6 Å².